The number of fused-ring (bicyclic) bond motifs is 1. The molecule has 3 N–H and O–H groups in total. The van der Waals surface area contributed by atoms with Gasteiger partial charge in [0.1, 0.15) is 5.00 Å². The zero-order valence-corrected chi connectivity index (χ0v) is 13.5. The first kappa shape index (κ1) is 15.0. The maximum Gasteiger partial charge on any atom is 0.338 e. The Labute approximate surface area is 141 Å². The fourth-order valence-corrected chi connectivity index (χ4v) is 3.39. The number of anilines is 2. The van der Waals surface area contributed by atoms with Gasteiger partial charge in [0.25, 0.3) is 0 Å². The van der Waals surface area contributed by atoms with Crippen molar-refractivity contribution in [1.29, 1.82) is 0 Å². The van der Waals surface area contributed by atoms with Gasteiger partial charge < -0.3 is 0 Å². The molecule has 0 aliphatic rings. The summed E-state index contributed by atoms with van der Waals surface area (Å²) < 4.78 is 1.02. The lowest BCUT2D eigenvalue weighted by Gasteiger charge is -2.09. The Morgan fingerprint density at radius 1 is 1.00 bits per heavy atom. The standard InChI is InChI=1S/C15H11Cl2N3OS/c16-9-5-7-10(8-6-9)19-20-15(21)18-14-13(17)11-3-1-2-4-12(11)22-14/h1-8,19H,(H2,18,20,21). The minimum absolute atomic E-state index is 0.400. The number of hydrogen-bond acceptors (Lipinski definition) is 3. The van der Waals surface area contributed by atoms with Gasteiger partial charge in [-0.2, -0.15) is 0 Å². The van der Waals surface area contributed by atoms with Crippen LogP contribution in [0.5, 0.6) is 0 Å². The highest BCUT2D eigenvalue weighted by Gasteiger charge is 2.12. The number of hydrogen-bond donors (Lipinski definition) is 3. The lowest BCUT2D eigenvalue weighted by Crippen LogP contribution is -2.33. The number of amides is 2. The highest BCUT2D eigenvalue weighted by atomic mass is 35.5. The number of carbonyl (C=O) groups is 1. The zero-order valence-electron chi connectivity index (χ0n) is 11.2. The zero-order chi connectivity index (χ0) is 15.5. The maximum atomic E-state index is 11.9. The minimum atomic E-state index is -0.400. The van der Waals surface area contributed by atoms with Crippen molar-refractivity contribution in [3.05, 3.63) is 58.6 Å². The van der Waals surface area contributed by atoms with E-state index in [2.05, 4.69) is 16.2 Å². The van der Waals surface area contributed by atoms with Crippen LogP contribution in [0.1, 0.15) is 0 Å². The average molecular weight is 352 g/mol. The quantitative estimate of drug-likeness (QED) is 0.556. The SMILES string of the molecule is O=C(NNc1ccc(Cl)cc1)Nc1sc2ccccc2c1Cl. The third kappa shape index (κ3) is 3.27. The smallest absolute Gasteiger partial charge is 0.297 e. The molecule has 0 aliphatic heterocycles. The van der Waals surface area contributed by atoms with Gasteiger partial charge in [-0.3, -0.25) is 16.2 Å². The van der Waals surface area contributed by atoms with E-state index in [1.165, 1.54) is 11.3 Å². The molecule has 0 saturated heterocycles. The van der Waals surface area contributed by atoms with Crippen LogP contribution in [0, 0.1) is 0 Å². The summed E-state index contributed by atoms with van der Waals surface area (Å²) in [5.74, 6) is 0. The van der Waals surface area contributed by atoms with Gasteiger partial charge in [-0.15, -0.1) is 11.3 Å². The maximum absolute atomic E-state index is 11.9. The van der Waals surface area contributed by atoms with E-state index >= 15 is 0 Å². The molecule has 0 unspecified atom stereocenters. The van der Waals surface area contributed by atoms with E-state index in [0.29, 0.717) is 15.0 Å². The van der Waals surface area contributed by atoms with E-state index in [9.17, 15) is 4.79 Å². The molecule has 1 heterocycles. The van der Waals surface area contributed by atoms with Crippen molar-refractivity contribution in [2.75, 3.05) is 10.7 Å². The molecule has 3 aromatic rings. The first-order chi connectivity index (χ1) is 10.6. The molecule has 0 spiro atoms. The van der Waals surface area contributed by atoms with Crippen molar-refractivity contribution in [2.45, 2.75) is 0 Å². The fraction of sp³-hybridized carbons (Fsp3) is 0. The van der Waals surface area contributed by atoms with Crippen molar-refractivity contribution in [3.63, 3.8) is 0 Å². The number of benzene rings is 2. The van der Waals surface area contributed by atoms with E-state index in [-0.39, 0.29) is 0 Å². The first-order valence-corrected chi connectivity index (χ1v) is 7.96. The summed E-state index contributed by atoms with van der Waals surface area (Å²) in [6.45, 7) is 0. The van der Waals surface area contributed by atoms with Gasteiger partial charge in [-0.25, -0.2) is 4.79 Å². The van der Waals surface area contributed by atoms with Crippen molar-refractivity contribution >= 4 is 61.3 Å². The monoisotopic (exact) mass is 351 g/mol. The molecule has 0 radical (unpaired) electrons. The normalized spacial score (nSPS) is 10.5. The Balaban J connectivity index is 1.65. The molecule has 0 bridgehead atoms. The van der Waals surface area contributed by atoms with E-state index < -0.39 is 6.03 Å². The summed E-state index contributed by atoms with van der Waals surface area (Å²) in [4.78, 5) is 11.9. The van der Waals surface area contributed by atoms with Crippen LogP contribution in [-0.4, -0.2) is 6.03 Å². The highest BCUT2D eigenvalue weighted by molar-refractivity contribution is 7.23. The molecule has 1 aromatic heterocycles. The van der Waals surface area contributed by atoms with E-state index in [0.717, 1.165) is 15.8 Å². The van der Waals surface area contributed by atoms with Crippen LogP contribution >= 0.6 is 34.5 Å². The Morgan fingerprint density at radius 3 is 2.45 bits per heavy atom. The third-order valence-electron chi connectivity index (χ3n) is 2.93. The van der Waals surface area contributed by atoms with Gasteiger partial charge in [0.15, 0.2) is 0 Å². The summed E-state index contributed by atoms with van der Waals surface area (Å²) in [5.41, 5.74) is 6.05. The number of nitrogens with one attached hydrogen (secondary N) is 3. The summed E-state index contributed by atoms with van der Waals surface area (Å²) in [7, 11) is 0. The molecule has 3 rings (SSSR count). The second-order valence-electron chi connectivity index (χ2n) is 4.45. The molecule has 0 saturated carbocycles. The molecule has 2 amide bonds. The average Bonchev–Trinajstić information content (AvgIpc) is 2.83. The fourth-order valence-electron chi connectivity index (χ4n) is 1.89. The molecule has 2 aromatic carbocycles. The van der Waals surface area contributed by atoms with Crippen molar-refractivity contribution < 1.29 is 4.79 Å². The van der Waals surface area contributed by atoms with E-state index in [1.807, 2.05) is 24.3 Å². The largest absolute Gasteiger partial charge is 0.338 e. The van der Waals surface area contributed by atoms with Crippen LogP contribution in [-0.2, 0) is 0 Å². The second kappa shape index (κ2) is 6.44. The van der Waals surface area contributed by atoms with Crippen molar-refractivity contribution in [1.82, 2.24) is 5.43 Å². The van der Waals surface area contributed by atoms with Crippen LogP contribution < -0.4 is 16.2 Å². The lowest BCUT2D eigenvalue weighted by molar-refractivity contribution is 0.254. The number of carbonyl (C=O) groups excluding carboxylic acids is 1. The van der Waals surface area contributed by atoms with E-state index in [1.54, 1.807) is 24.3 Å². The van der Waals surface area contributed by atoms with Gasteiger partial charge in [-0.1, -0.05) is 41.4 Å². The van der Waals surface area contributed by atoms with Crippen LogP contribution in [0.4, 0.5) is 15.5 Å². The van der Waals surface area contributed by atoms with Crippen molar-refractivity contribution in [2.24, 2.45) is 0 Å². The van der Waals surface area contributed by atoms with Crippen LogP contribution in [0.3, 0.4) is 0 Å². The lowest BCUT2D eigenvalue weighted by atomic mass is 10.3. The molecule has 0 aliphatic carbocycles. The second-order valence-corrected chi connectivity index (χ2v) is 6.32. The molecule has 0 fully saturated rings. The van der Waals surface area contributed by atoms with Crippen LogP contribution in [0.15, 0.2) is 48.5 Å². The van der Waals surface area contributed by atoms with Gasteiger partial charge in [-0.05, 0) is 30.3 Å². The predicted octanol–water partition coefficient (Wildman–Crippen LogP) is 5.36. The number of halogens is 2. The minimum Gasteiger partial charge on any atom is -0.297 e. The van der Waals surface area contributed by atoms with Crippen LogP contribution in [0.25, 0.3) is 10.1 Å². The topological polar surface area (TPSA) is 53.2 Å². The Bertz CT molecular complexity index is 817. The summed E-state index contributed by atoms with van der Waals surface area (Å²) in [6, 6.07) is 14.3. The Kier molecular flexibility index (Phi) is 4.38. The Morgan fingerprint density at radius 2 is 1.73 bits per heavy atom. The van der Waals surface area contributed by atoms with Crippen molar-refractivity contribution in [3.8, 4) is 0 Å². The van der Waals surface area contributed by atoms with Gasteiger partial charge in [0, 0.05) is 15.1 Å². The highest BCUT2D eigenvalue weighted by Crippen LogP contribution is 2.39. The molecule has 0 atom stereocenters. The number of hydrazine groups is 1. The number of thiophene rings is 1. The molecular formula is C15H11Cl2N3OS. The van der Waals surface area contributed by atoms with Gasteiger partial charge >= 0.3 is 6.03 Å². The number of rotatable bonds is 3. The molecular weight excluding hydrogens is 341 g/mol. The van der Waals surface area contributed by atoms with E-state index in [4.69, 9.17) is 23.2 Å². The predicted molar refractivity (Wildman–Crippen MR) is 94.1 cm³/mol. The third-order valence-corrected chi connectivity index (χ3v) is 4.77. The molecule has 4 nitrogen and oxygen atoms in total. The summed E-state index contributed by atoms with van der Waals surface area (Å²) >= 11 is 13.5. The first-order valence-electron chi connectivity index (χ1n) is 6.39. The van der Waals surface area contributed by atoms with Gasteiger partial charge in [0.2, 0.25) is 0 Å². The Hall–Kier alpha value is -1.95. The van der Waals surface area contributed by atoms with Crippen LogP contribution in [0.2, 0.25) is 10.0 Å². The summed E-state index contributed by atoms with van der Waals surface area (Å²) in [5, 5.41) is 5.44. The molecule has 7 heteroatoms. The molecule has 112 valence electrons. The summed E-state index contributed by atoms with van der Waals surface area (Å²) in [6.07, 6.45) is 0. The van der Waals surface area contributed by atoms with Gasteiger partial charge in [0.05, 0.1) is 10.7 Å². The molecule has 22 heavy (non-hydrogen) atoms. The number of urea groups is 1.